The fourth-order valence-corrected chi connectivity index (χ4v) is 3.02. The summed E-state index contributed by atoms with van der Waals surface area (Å²) in [5.74, 6) is -0.317. The van der Waals surface area contributed by atoms with Crippen molar-refractivity contribution in [2.45, 2.75) is 25.0 Å². The first-order valence-electron chi connectivity index (χ1n) is 6.72. The van der Waals surface area contributed by atoms with Gasteiger partial charge < -0.3 is 14.4 Å². The molecule has 0 unspecified atom stereocenters. The molecule has 0 aromatic carbocycles. The van der Waals surface area contributed by atoms with Crippen LogP contribution >= 0.6 is 12.2 Å². The number of ether oxygens (including phenoxy) is 2. The number of nitrogens with zero attached hydrogens (tertiary/aromatic N) is 2. The van der Waals surface area contributed by atoms with Crippen LogP contribution in [-0.2, 0) is 15.9 Å². The molecule has 3 rings (SSSR count). The topological polar surface area (TPSA) is 34.6 Å². The van der Waals surface area contributed by atoms with Crippen molar-refractivity contribution in [3.8, 4) is 0 Å². The van der Waals surface area contributed by atoms with Gasteiger partial charge in [-0.15, -0.1) is 0 Å². The number of rotatable bonds is 2. The monoisotopic (exact) mass is 278 g/mol. The second-order valence-corrected chi connectivity index (χ2v) is 5.49. The molecule has 0 atom stereocenters. The Morgan fingerprint density at radius 3 is 2.47 bits per heavy atom. The van der Waals surface area contributed by atoms with Gasteiger partial charge in [0, 0.05) is 44.7 Å². The SMILES string of the molecule is S=C(Cc1ccncc1)N1CCC2(CC1)OCCO2. The minimum Gasteiger partial charge on any atom is -0.365 e. The molecule has 5 heteroatoms. The highest BCUT2D eigenvalue weighted by molar-refractivity contribution is 7.80. The van der Waals surface area contributed by atoms with E-state index in [1.165, 1.54) is 5.56 Å². The van der Waals surface area contributed by atoms with Gasteiger partial charge in [0.05, 0.1) is 18.2 Å². The van der Waals surface area contributed by atoms with Crippen molar-refractivity contribution in [3.05, 3.63) is 30.1 Å². The van der Waals surface area contributed by atoms with Crippen molar-refractivity contribution in [1.82, 2.24) is 9.88 Å². The molecule has 1 aromatic heterocycles. The van der Waals surface area contributed by atoms with Crippen LogP contribution in [0.1, 0.15) is 18.4 Å². The first kappa shape index (κ1) is 13.0. The van der Waals surface area contributed by atoms with Crippen molar-refractivity contribution in [2.75, 3.05) is 26.3 Å². The Labute approximate surface area is 118 Å². The first-order valence-corrected chi connectivity index (χ1v) is 7.13. The molecule has 0 N–H and O–H groups in total. The van der Waals surface area contributed by atoms with E-state index >= 15 is 0 Å². The van der Waals surface area contributed by atoms with E-state index in [9.17, 15) is 0 Å². The molecule has 0 saturated carbocycles. The highest BCUT2D eigenvalue weighted by Gasteiger charge is 2.40. The molecule has 0 bridgehead atoms. The lowest BCUT2D eigenvalue weighted by Gasteiger charge is -2.38. The Balaban J connectivity index is 1.55. The first-order chi connectivity index (χ1) is 9.27. The number of hydrogen-bond donors (Lipinski definition) is 0. The summed E-state index contributed by atoms with van der Waals surface area (Å²) >= 11 is 5.54. The van der Waals surface area contributed by atoms with E-state index in [1.54, 1.807) is 0 Å². The van der Waals surface area contributed by atoms with Crippen molar-refractivity contribution in [2.24, 2.45) is 0 Å². The fourth-order valence-electron chi connectivity index (χ4n) is 2.67. The van der Waals surface area contributed by atoms with Crippen LogP contribution in [0.2, 0.25) is 0 Å². The summed E-state index contributed by atoms with van der Waals surface area (Å²) in [6, 6.07) is 4.03. The second kappa shape index (κ2) is 5.53. The summed E-state index contributed by atoms with van der Waals surface area (Å²) in [5, 5.41) is 0. The molecule has 2 aliphatic heterocycles. The van der Waals surface area contributed by atoms with Gasteiger partial charge in [0.1, 0.15) is 0 Å². The van der Waals surface area contributed by atoms with E-state index in [-0.39, 0.29) is 5.79 Å². The average Bonchev–Trinajstić information content (AvgIpc) is 2.89. The summed E-state index contributed by atoms with van der Waals surface area (Å²) in [6.07, 6.45) is 6.24. The largest absolute Gasteiger partial charge is 0.365 e. The maximum Gasteiger partial charge on any atom is 0.171 e. The smallest absolute Gasteiger partial charge is 0.171 e. The standard InChI is InChI=1S/C14H18N2O2S/c19-13(11-12-1-5-15-6-2-12)16-7-3-14(4-8-16)17-9-10-18-14/h1-2,5-6H,3-4,7-11H2. The van der Waals surface area contributed by atoms with Gasteiger partial charge in [-0.05, 0) is 17.7 Å². The van der Waals surface area contributed by atoms with Gasteiger partial charge in [0.25, 0.3) is 0 Å². The van der Waals surface area contributed by atoms with Crippen LogP contribution in [0.3, 0.4) is 0 Å². The van der Waals surface area contributed by atoms with Crippen LogP contribution in [0, 0.1) is 0 Å². The minimum atomic E-state index is -0.317. The van der Waals surface area contributed by atoms with Crippen molar-refractivity contribution >= 4 is 17.2 Å². The highest BCUT2D eigenvalue weighted by Crippen LogP contribution is 2.31. The number of thiocarbonyl (C=S) groups is 1. The zero-order valence-electron chi connectivity index (χ0n) is 10.9. The Morgan fingerprint density at radius 1 is 1.21 bits per heavy atom. The molecule has 1 spiro atoms. The zero-order valence-corrected chi connectivity index (χ0v) is 11.7. The van der Waals surface area contributed by atoms with Crippen LogP contribution in [-0.4, -0.2) is 47.0 Å². The molecule has 0 aliphatic carbocycles. The van der Waals surface area contributed by atoms with Gasteiger partial charge in [-0.25, -0.2) is 0 Å². The second-order valence-electron chi connectivity index (χ2n) is 5.02. The molecular weight excluding hydrogens is 260 g/mol. The third-order valence-corrected chi connectivity index (χ3v) is 4.20. The van der Waals surface area contributed by atoms with Gasteiger partial charge in [-0.3, -0.25) is 4.98 Å². The normalized spacial score (nSPS) is 21.8. The van der Waals surface area contributed by atoms with E-state index in [0.29, 0.717) is 0 Å². The summed E-state index contributed by atoms with van der Waals surface area (Å²) in [7, 11) is 0. The molecule has 0 amide bonds. The number of likely N-dealkylation sites (tertiary alicyclic amines) is 1. The highest BCUT2D eigenvalue weighted by atomic mass is 32.1. The molecule has 2 fully saturated rings. The lowest BCUT2D eigenvalue weighted by molar-refractivity contribution is -0.180. The van der Waals surface area contributed by atoms with E-state index in [2.05, 4.69) is 9.88 Å². The van der Waals surface area contributed by atoms with Crippen molar-refractivity contribution < 1.29 is 9.47 Å². The third-order valence-electron chi connectivity index (χ3n) is 3.80. The minimum absolute atomic E-state index is 0.317. The van der Waals surface area contributed by atoms with Gasteiger partial charge in [0.2, 0.25) is 0 Å². The Hall–Kier alpha value is -1.04. The summed E-state index contributed by atoms with van der Waals surface area (Å²) in [6.45, 7) is 3.29. The van der Waals surface area contributed by atoms with E-state index in [0.717, 1.165) is 50.6 Å². The van der Waals surface area contributed by atoms with Crippen LogP contribution in [0.25, 0.3) is 0 Å². The lowest BCUT2D eigenvalue weighted by atomic mass is 10.0. The summed E-state index contributed by atoms with van der Waals surface area (Å²) < 4.78 is 11.5. The maximum absolute atomic E-state index is 5.73. The summed E-state index contributed by atoms with van der Waals surface area (Å²) in [5.41, 5.74) is 1.22. The lowest BCUT2D eigenvalue weighted by Crippen LogP contribution is -2.47. The van der Waals surface area contributed by atoms with Gasteiger partial charge in [-0.2, -0.15) is 0 Å². The van der Waals surface area contributed by atoms with Crippen LogP contribution in [0.5, 0.6) is 0 Å². The third kappa shape index (κ3) is 2.94. The molecule has 0 radical (unpaired) electrons. The molecule has 19 heavy (non-hydrogen) atoms. The number of piperidine rings is 1. The Morgan fingerprint density at radius 2 is 1.84 bits per heavy atom. The molecule has 3 heterocycles. The van der Waals surface area contributed by atoms with Crippen LogP contribution in [0.4, 0.5) is 0 Å². The molecule has 4 nitrogen and oxygen atoms in total. The molecular formula is C14H18N2O2S. The number of hydrogen-bond acceptors (Lipinski definition) is 4. The van der Waals surface area contributed by atoms with Gasteiger partial charge in [0.15, 0.2) is 5.79 Å². The molecule has 2 aliphatic rings. The quantitative estimate of drug-likeness (QED) is 0.771. The van der Waals surface area contributed by atoms with Crippen molar-refractivity contribution in [1.29, 1.82) is 0 Å². The molecule has 1 aromatic rings. The van der Waals surface area contributed by atoms with E-state index < -0.39 is 0 Å². The van der Waals surface area contributed by atoms with Gasteiger partial charge in [-0.1, -0.05) is 12.2 Å². The maximum atomic E-state index is 5.73. The van der Waals surface area contributed by atoms with Gasteiger partial charge >= 0.3 is 0 Å². The predicted molar refractivity (Wildman–Crippen MR) is 76.0 cm³/mol. The number of aromatic nitrogens is 1. The molecule has 102 valence electrons. The predicted octanol–water partition coefficient (Wildman–Crippen LogP) is 1.79. The summed E-state index contributed by atoms with van der Waals surface area (Å²) in [4.78, 5) is 7.29. The van der Waals surface area contributed by atoms with Crippen molar-refractivity contribution in [3.63, 3.8) is 0 Å². The molecule has 2 saturated heterocycles. The zero-order chi connectivity index (χ0) is 13.1. The Bertz CT molecular complexity index is 436. The average molecular weight is 278 g/mol. The van der Waals surface area contributed by atoms with Crippen LogP contribution < -0.4 is 0 Å². The van der Waals surface area contributed by atoms with Crippen LogP contribution in [0.15, 0.2) is 24.5 Å². The Kier molecular flexibility index (Phi) is 3.77. The number of pyridine rings is 1. The fraction of sp³-hybridized carbons (Fsp3) is 0.571. The van der Waals surface area contributed by atoms with E-state index in [4.69, 9.17) is 21.7 Å². The van der Waals surface area contributed by atoms with E-state index in [1.807, 2.05) is 24.5 Å².